The Morgan fingerprint density at radius 2 is 1.95 bits per heavy atom. The Morgan fingerprint density at radius 3 is 2.59 bits per heavy atom. The van der Waals surface area contributed by atoms with Crippen LogP contribution in [0.3, 0.4) is 0 Å². The van der Waals surface area contributed by atoms with Crippen LogP contribution in [0.5, 0.6) is 0 Å². The number of imidazole rings is 1. The second kappa shape index (κ2) is 11.2. The summed E-state index contributed by atoms with van der Waals surface area (Å²) in [5, 5.41) is 8.66. The Balaban J connectivity index is 1.53. The van der Waals surface area contributed by atoms with Crippen molar-refractivity contribution in [3.05, 3.63) is 60.4 Å². The number of halogens is 1. The molecule has 11 nitrogen and oxygen atoms in total. The fraction of sp³-hybridized carbons (Fsp3) is 0.333. The molecule has 1 aliphatic heterocycles. The van der Waals surface area contributed by atoms with Crippen LogP contribution in [0, 0.1) is 5.82 Å². The zero-order valence-electron chi connectivity index (χ0n) is 19.2. The summed E-state index contributed by atoms with van der Waals surface area (Å²) in [5.41, 5.74) is 2.06. The van der Waals surface area contributed by atoms with Gasteiger partial charge in [-0.3, -0.25) is 10.0 Å². The Morgan fingerprint density at radius 1 is 1.22 bits per heavy atom. The fourth-order valence-electron chi connectivity index (χ4n) is 3.95. The summed E-state index contributed by atoms with van der Waals surface area (Å²) in [5.74, 6) is -1.27. The van der Waals surface area contributed by atoms with Crippen LogP contribution in [0.2, 0.25) is 0 Å². The molecule has 0 saturated carbocycles. The molecule has 16 heteroatoms. The Labute approximate surface area is 222 Å². The van der Waals surface area contributed by atoms with Gasteiger partial charge in [-0.05, 0) is 29.8 Å². The Bertz CT molecular complexity index is 1440. The summed E-state index contributed by atoms with van der Waals surface area (Å²) in [7, 11) is -8.16. The number of rotatable bonds is 9. The highest BCUT2D eigenvalue weighted by atomic mass is 32.2. The van der Waals surface area contributed by atoms with Crippen molar-refractivity contribution in [1.82, 2.24) is 24.1 Å². The standard InChI is InChI=1S/C21H24FN5O6S4/c22-15-3-1-14(2-4-15)18-5-6-20(35-18)37(32,33)27-10-9-26(12-17(27)21(28)25-29)36(30,31)13-16(34)11-19-23-7-8-24-19/h1-8,16-17,29,34H,9-13H2,(H,23,24)(H,25,28)/t16?,17-/m1/s1. The lowest BCUT2D eigenvalue weighted by Gasteiger charge is -2.38. The first kappa shape index (κ1) is 27.7. The van der Waals surface area contributed by atoms with E-state index in [4.69, 9.17) is 0 Å². The van der Waals surface area contributed by atoms with Crippen molar-refractivity contribution < 1.29 is 31.2 Å². The van der Waals surface area contributed by atoms with Gasteiger partial charge in [0.1, 0.15) is 21.9 Å². The second-order valence-electron chi connectivity index (χ2n) is 8.26. The van der Waals surface area contributed by atoms with Gasteiger partial charge in [-0.25, -0.2) is 31.7 Å². The lowest BCUT2D eigenvalue weighted by molar-refractivity contribution is -0.134. The predicted molar refractivity (Wildman–Crippen MR) is 138 cm³/mol. The highest BCUT2D eigenvalue weighted by Gasteiger charge is 2.43. The molecule has 3 N–H and O–H groups in total. The molecule has 1 aromatic carbocycles. The first-order chi connectivity index (χ1) is 17.5. The molecule has 0 radical (unpaired) electrons. The summed E-state index contributed by atoms with van der Waals surface area (Å²) < 4.78 is 68.1. The van der Waals surface area contributed by atoms with E-state index in [1.807, 2.05) is 0 Å². The number of H-pyrrole nitrogens is 1. The largest absolute Gasteiger partial charge is 0.349 e. The van der Waals surface area contributed by atoms with Crippen molar-refractivity contribution >= 4 is 49.9 Å². The molecule has 37 heavy (non-hydrogen) atoms. The normalized spacial score (nSPS) is 18.5. The van der Waals surface area contributed by atoms with Gasteiger partial charge in [0.05, 0.1) is 5.75 Å². The van der Waals surface area contributed by atoms with E-state index in [2.05, 4.69) is 22.6 Å². The minimum atomic E-state index is -4.23. The number of nitrogens with zero attached hydrogens (tertiary/aromatic N) is 3. The van der Waals surface area contributed by atoms with E-state index in [0.29, 0.717) is 16.3 Å². The molecule has 0 bridgehead atoms. The number of nitrogens with one attached hydrogen (secondary N) is 2. The topological polar surface area (TPSA) is 153 Å². The zero-order valence-corrected chi connectivity index (χ0v) is 22.5. The fourth-order valence-corrected chi connectivity index (χ4v) is 9.25. The number of hydroxylamine groups is 1. The summed E-state index contributed by atoms with van der Waals surface area (Å²) in [4.78, 5) is 20.0. The molecular formula is C21H24FN5O6S4. The SMILES string of the molecule is O=C(NO)[C@H]1CN(S(=O)(=O)CC(S)Cc2ncc[nH]2)CCN1S(=O)(=O)c1ccc(-c2ccc(F)cc2)s1. The van der Waals surface area contributed by atoms with E-state index >= 15 is 0 Å². The zero-order chi connectivity index (χ0) is 26.8. The van der Waals surface area contributed by atoms with E-state index in [1.54, 1.807) is 12.3 Å². The number of thiol groups is 1. The maximum atomic E-state index is 13.5. The van der Waals surface area contributed by atoms with E-state index < -0.39 is 49.6 Å². The number of sulfonamides is 2. The summed E-state index contributed by atoms with van der Waals surface area (Å²) in [6, 6.07) is 6.99. The number of carbonyl (C=O) groups excluding carboxylic acids is 1. The molecule has 200 valence electrons. The molecule has 1 amide bonds. The minimum Gasteiger partial charge on any atom is -0.349 e. The van der Waals surface area contributed by atoms with Gasteiger partial charge in [0.15, 0.2) is 0 Å². The second-order valence-corrected chi connectivity index (χ2v) is 14.2. The Hall–Kier alpha value is -2.34. The molecule has 2 atom stereocenters. The third kappa shape index (κ3) is 6.22. The van der Waals surface area contributed by atoms with Gasteiger partial charge >= 0.3 is 0 Å². The van der Waals surface area contributed by atoms with Gasteiger partial charge in [-0.2, -0.15) is 21.2 Å². The monoisotopic (exact) mass is 589 g/mol. The van der Waals surface area contributed by atoms with Gasteiger partial charge in [0.25, 0.3) is 15.9 Å². The van der Waals surface area contributed by atoms with Crippen LogP contribution in [-0.2, 0) is 31.3 Å². The van der Waals surface area contributed by atoms with Gasteiger partial charge < -0.3 is 4.98 Å². The third-order valence-electron chi connectivity index (χ3n) is 5.76. The van der Waals surface area contributed by atoms with Crippen LogP contribution in [0.4, 0.5) is 4.39 Å². The highest BCUT2D eigenvalue weighted by molar-refractivity contribution is 7.91. The minimum absolute atomic E-state index is 0.0762. The van der Waals surface area contributed by atoms with Crippen molar-refractivity contribution in [2.45, 2.75) is 21.9 Å². The maximum Gasteiger partial charge on any atom is 0.263 e. The number of hydrogen-bond donors (Lipinski definition) is 4. The lowest BCUT2D eigenvalue weighted by Crippen LogP contribution is -2.61. The third-order valence-corrected chi connectivity index (χ3v) is 11.8. The molecule has 3 heterocycles. The van der Waals surface area contributed by atoms with Crippen LogP contribution in [0.25, 0.3) is 10.4 Å². The number of carbonyl (C=O) groups is 1. The van der Waals surface area contributed by atoms with Crippen molar-refractivity contribution in [3.8, 4) is 10.4 Å². The maximum absolute atomic E-state index is 13.5. The smallest absolute Gasteiger partial charge is 0.263 e. The van der Waals surface area contributed by atoms with Crippen LogP contribution >= 0.6 is 24.0 Å². The summed E-state index contributed by atoms with van der Waals surface area (Å²) in [6.07, 6.45) is 3.41. The number of aromatic nitrogens is 2. The van der Waals surface area contributed by atoms with Crippen molar-refractivity contribution in [2.24, 2.45) is 0 Å². The van der Waals surface area contributed by atoms with Gasteiger partial charge in [0.2, 0.25) is 10.0 Å². The Kier molecular flexibility index (Phi) is 8.37. The van der Waals surface area contributed by atoms with E-state index in [-0.39, 0.29) is 29.5 Å². The molecule has 2 aromatic heterocycles. The quantitative estimate of drug-likeness (QED) is 0.167. The van der Waals surface area contributed by atoms with E-state index in [9.17, 15) is 31.2 Å². The number of hydrogen-bond acceptors (Lipinski definition) is 9. The van der Waals surface area contributed by atoms with Crippen LogP contribution in [-0.4, -0.2) is 83.2 Å². The highest BCUT2D eigenvalue weighted by Crippen LogP contribution is 2.34. The van der Waals surface area contributed by atoms with Crippen molar-refractivity contribution in [2.75, 3.05) is 25.4 Å². The van der Waals surface area contributed by atoms with Gasteiger partial charge in [-0.15, -0.1) is 11.3 Å². The number of aromatic amines is 1. The van der Waals surface area contributed by atoms with Crippen molar-refractivity contribution in [3.63, 3.8) is 0 Å². The molecule has 0 spiro atoms. The average molecular weight is 590 g/mol. The van der Waals surface area contributed by atoms with E-state index in [0.717, 1.165) is 19.9 Å². The molecular weight excluding hydrogens is 566 g/mol. The first-order valence-electron chi connectivity index (χ1n) is 11.0. The summed E-state index contributed by atoms with van der Waals surface area (Å²) in [6.45, 7) is -0.974. The molecule has 1 unspecified atom stereocenters. The first-order valence-corrected chi connectivity index (χ1v) is 15.3. The van der Waals surface area contributed by atoms with Crippen LogP contribution in [0.1, 0.15) is 5.82 Å². The van der Waals surface area contributed by atoms with E-state index in [1.165, 1.54) is 42.0 Å². The van der Waals surface area contributed by atoms with Gasteiger partial charge in [-0.1, -0.05) is 12.1 Å². The summed E-state index contributed by atoms with van der Waals surface area (Å²) >= 11 is 5.28. The molecule has 1 aliphatic rings. The van der Waals surface area contributed by atoms with Crippen molar-refractivity contribution in [1.29, 1.82) is 0 Å². The molecule has 0 aliphatic carbocycles. The number of piperazine rings is 1. The van der Waals surface area contributed by atoms with Crippen LogP contribution < -0.4 is 5.48 Å². The van der Waals surface area contributed by atoms with Gasteiger partial charge in [0, 0.05) is 48.6 Å². The molecule has 4 rings (SSSR count). The van der Waals surface area contributed by atoms with Crippen LogP contribution in [0.15, 0.2) is 53.0 Å². The number of thiophene rings is 1. The molecule has 3 aromatic rings. The number of benzene rings is 1. The predicted octanol–water partition coefficient (Wildman–Crippen LogP) is 1.33. The lowest BCUT2D eigenvalue weighted by atomic mass is 10.2. The molecule has 1 fully saturated rings. The number of amides is 1. The average Bonchev–Trinajstić information content (AvgIpc) is 3.56. The molecule has 1 saturated heterocycles.